The molecule has 0 saturated carbocycles. The van der Waals surface area contributed by atoms with Crippen molar-refractivity contribution in [1.82, 2.24) is 4.98 Å². The third-order valence-corrected chi connectivity index (χ3v) is 6.72. The number of benzene rings is 3. The van der Waals surface area contributed by atoms with Gasteiger partial charge >= 0.3 is 0 Å². The highest BCUT2D eigenvalue weighted by Gasteiger charge is 2.19. The Morgan fingerprint density at radius 1 is 1.03 bits per heavy atom. The number of halogens is 1. The summed E-state index contributed by atoms with van der Waals surface area (Å²) in [4.78, 5) is 16.9. The molecule has 4 rings (SSSR count). The van der Waals surface area contributed by atoms with Crippen LogP contribution in [0.1, 0.15) is 10.4 Å². The van der Waals surface area contributed by atoms with Crippen molar-refractivity contribution in [2.24, 2.45) is 0 Å². The Labute approximate surface area is 193 Å². The molecule has 0 saturated heterocycles. The van der Waals surface area contributed by atoms with Crippen LogP contribution in [-0.4, -0.2) is 26.4 Å². The van der Waals surface area contributed by atoms with Gasteiger partial charge in [0.15, 0.2) is 5.13 Å². The average Bonchev–Trinajstić information content (AvgIpc) is 3.28. The molecular weight excluding hydrogens is 465 g/mol. The quantitative estimate of drug-likeness (QED) is 0.385. The Morgan fingerprint density at radius 2 is 1.82 bits per heavy atom. The highest BCUT2D eigenvalue weighted by Crippen LogP contribution is 2.27. The van der Waals surface area contributed by atoms with Gasteiger partial charge in [-0.05, 0) is 42.5 Å². The van der Waals surface area contributed by atoms with Gasteiger partial charge < -0.3 is 4.74 Å². The number of carbonyl (C=O) groups is 1. The van der Waals surface area contributed by atoms with Gasteiger partial charge in [0.2, 0.25) is 0 Å². The number of methoxy groups -OCH3 is 1. The number of ether oxygens (including phenoxy) is 1. The van der Waals surface area contributed by atoms with E-state index in [-0.39, 0.29) is 22.0 Å². The van der Waals surface area contributed by atoms with Crippen molar-refractivity contribution >= 4 is 38.1 Å². The van der Waals surface area contributed by atoms with Crippen LogP contribution >= 0.6 is 11.3 Å². The van der Waals surface area contributed by atoms with Gasteiger partial charge in [0.1, 0.15) is 11.6 Å². The average molecular weight is 484 g/mol. The third-order valence-electron chi connectivity index (χ3n) is 4.60. The molecule has 0 spiro atoms. The Morgan fingerprint density at radius 3 is 2.61 bits per heavy atom. The zero-order valence-corrected chi connectivity index (χ0v) is 18.9. The summed E-state index contributed by atoms with van der Waals surface area (Å²) in [5.41, 5.74) is 1.53. The summed E-state index contributed by atoms with van der Waals surface area (Å²) in [6.45, 7) is 0. The van der Waals surface area contributed by atoms with Crippen LogP contribution in [0.5, 0.6) is 5.75 Å². The van der Waals surface area contributed by atoms with Crippen LogP contribution in [0.3, 0.4) is 0 Å². The maximum Gasteiger partial charge on any atom is 0.262 e. The number of anilines is 2. The summed E-state index contributed by atoms with van der Waals surface area (Å²) in [5.74, 6) is -0.539. The lowest BCUT2D eigenvalue weighted by Crippen LogP contribution is -2.16. The van der Waals surface area contributed by atoms with Crippen LogP contribution < -0.4 is 14.8 Å². The first-order valence-corrected chi connectivity index (χ1v) is 12.0. The summed E-state index contributed by atoms with van der Waals surface area (Å²) >= 11 is 1.18. The number of carbonyl (C=O) groups excluding carboxylic acids is 1. The molecule has 0 atom stereocenters. The van der Waals surface area contributed by atoms with Crippen molar-refractivity contribution in [2.45, 2.75) is 4.90 Å². The van der Waals surface area contributed by atoms with Gasteiger partial charge in [-0.2, -0.15) is 0 Å². The molecule has 10 heteroatoms. The monoisotopic (exact) mass is 483 g/mol. The maximum atomic E-state index is 13.4. The fourth-order valence-electron chi connectivity index (χ4n) is 3.02. The number of nitrogens with one attached hydrogen (secondary N) is 2. The van der Waals surface area contributed by atoms with Gasteiger partial charge in [-0.15, -0.1) is 11.3 Å². The highest BCUT2D eigenvalue weighted by molar-refractivity contribution is 7.92. The Kier molecular flexibility index (Phi) is 6.38. The number of hydrogen-bond donors (Lipinski definition) is 2. The Hall–Kier alpha value is -3.76. The third kappa shape index (κ3) is 5.18. The van der Waals surface area contributed by atoms with Gasteiger partial charge in [0.25, 0.3) is 15.9 Å². The van der Waals surface area contributed by atoms with E-state index in [0.717, 1.165) is 0 Å². The van der Waals surface area contributed by atoms with Crippen molar-refractivity contribution in [1.29, 1.82) is 0 Å². The van der Waals surface area contributed by atoms with Crippen LogP contribution in [-0.2, 0) is 10.0 Å². The zero-order valence-electron chi connectivity index (χ0n) is 17.3. The molecule has 7 nitrogen and oxygen atoms in total. The number of nitrogens with zero attached hydrogens (tertiary/aromatic N) is 1. The van der Waals surface area contributed by atoms with Crippen LogP contribution in [0.25, 0.3) is 11.3 Å². The van der Waals surface area contributed by atoms with E-state index >= 15 is 0 Å². The number of para-hydroxylation sites is 2. The van der Waals surface area contributed by atoms with Crippen molar-refractivity contribution in [2.75, 3.05) is 17.1 Å². The molecule has 0 aliphatic rings. The summed E-state index contributed by atoms with van der Waals surface area (Å²) in [6, 6.07) is 18.2. The number of sulfonamides is 1. The van der Waals surface area contributed by atoms with Crippen LogP contribution in [0, 0.1) is 5.82 Å². The smallest absolute Gasteiger partial charge is 0.262 e. The van der Waals surface area contributed by atoms with Crippen molar-refractivity contribution in [3.63, 3.8) is 0 Å². The number of aromatic nitrogens is 1. The summed E-state index contributed by atoms with van der Waals surface area (Å²) in [6.07, 6.45) is 0. The van der Waals surface area contributed by atoms with Crippen LogP contribution in [0.15, 0.2) is 83.1 Å². The molecule has 168 valence electrons. The van der Waals surface area contributed by atoms with E-state index in [9.17, 15) is 17.6 Å². The second-order valence-corrected chi connectivity index (χ2v) is 9.38. The van der Waals surface area contributed by atoms with Crippen LogP contribution in [0.2, 0.25) is 0 Å². The van der Waals surface area contributed by atoms with E-state index in [2.05, 4.69) is 15.0 Å². The van der Waals surface area contributed by atoms with E-state index < -0.39 is 15.9 Å². The largest absolute Gasteiger partial charge is 0.495 e. The molecule has 0 fully saturated rings. The standard InChI is InChI=1S/C23H18FN3O4S2/c1-31-21-11-3-2-10-19(21)27-33(29,30)18-9-5-7-16(13-18)22(28)26-23-25-20(14-32-23)15-6-4-8-17(24)12-15/h2-14,27H,1H3,(H,25,26,28). The Balaban J connectivity index is 1.52. The highest BCUT2D eigenvalue weighted by atomic mass is 32.2. The first-order chi connectivity index (χ1) is 15.9. The summed E-state index contributed by atoms with van der Waals surface area (Å²) < 4.78 is 46.8. The Bertz CT molecular complexity index is 1420. The molecule has 0 aliphatic heterocycles. The van der Waals surface area contributed by atoms with Gasteiger partial charge in [-0.1, -0.05) is 30.3 Å². The molecular formula is C23H18FN3O4S2. The summed E-state index contributed by atoms with van der Waals surface area (Å²) in [5, 5.41) is 4.65. The fourth-order valence-corrected chi connectivity index (χ4v) is 4.85. The molecule has 2 N–H and O–H groups in total. The lowest BCUT2D eigenvalue weighted by Gasteiger charge is -2.12. The molecule has 0 aliphatic carbocycles. The molecule has 0 unspecified atom stereocenters. The molecule has 1 amide bonds. The molecule has 0 radical (unpaired) electrons. The maximum absolute atomic E-state index is 13.4. The van der Waals surface area contributed by atoms with Crippen molar-refractivity contribution < 1.29 is 22.3 Å². The minimum absolute atomic E-state index is 0.0827. The molecule has 0 bridgehead atoms. The first-order valence-electron chi connectivity index (χ1n) is 9.64. The minimum atomic E-state index is -3.97. The first kappa shape index (κ1) is 22.4. The predicted molar refractivity (Wildman–Crippen MR) is 126 cm³/mol. The predicted octanol–water partition coefficient (Wildman–Crippen LogP) is 5.01. The van der Waals surface area contributed by atoms with E-state index in [1.165, 1.54) is 54.8 Å². The second-order valence-electron chi connectivity index (χ2n) is 6.84. The van der Waals surface area contributed by atoms with Gasteiger partial charge in [0.05, 0.1) is 23.4 Å². The van der Waals surface area contributed by atoms with E-state index in [0.29, 0.717) is 22.1 Å². The molecule has 1 heterocycles. The second kappa shape index (κ2) is 9.39. The lowest BCUT2D eigenvalue weighted by atomic mass is 10.2. The minimum Gasteiger partial charge on any atom is -0.495 e. The number of rotatable bonds is 7. The molecule has 33 heavy (non-hydrogen) atoms. The van der Waals surface area contributed by atoms with E-state index in [1.807, 2.05) is 0 Å². The normalized spacial score (nSPS) is 11.1. The SMILES string of the molecule is COc1ccccc1NS(=O)(=O)c1cccc(C(=O)Nc2nc(-c3cccc(F)c3)cs2)c1. The fraction of sp³-hybridized carbons (Fsp3) is 0.0435. The zero-order chi connectivity index (χ0) is 23.4. The topological polar surface area (TPSA) is 97.4 Å². The van der Waals surface area contributed by atoms with E-state index in [1.54, 1.807) is 41.8 Å². The van der Waals surface area contributed by atoms with Gasteiger partial charge in [-0.25, -0.2) is 17.8 Å². The number of thiazole rings is 1. The van der Waals surface area contributed by atoms with Gasteiger partial charge in [-0.3, -0.25) is 14.8 Å². The molecule has 4 aromatic rings. The van der Waals surface area contributed by atoms with Crippen LogP contribution in [0.4, 0.5) is 15.2 Å². The summed E-state index contributed by atoms with van der Waals surface area (Å²) in [7, 11) is -2.53. The van der Waals surface area contributed by atoms with Crippen molar-refractivity contribution in [3.8, 4) is 17.0 Å². The number of amides is 1. The molecule has 3 aromatic carbocycles. The van der Waals surface area contributed by atoms with Crippen molar-refractivity contribution in [3.05, 3.63) is 89.6 Å². The number of hydrogen-bond acceptors (Lipinski definition) is 6. The van der Waals surface area contributed by atoms with E-state index in [4.69, 9.17) is 4.74 Å². The molecule has 1 aromatic heterocycles. The lowest BCUT2D eigenvalue weighted by molar-refractivity contribution is 0.102. The van der Waals surface area contributed by atoms with Gasteiger partial charge in [0, 0.05) is 16.5 Å².